The maximum Gasteiger partial charge on any atom is 0.411 e. The molecule has 0 bridgehead atoms. The number of amides is 3. The molecule has 0 spiro atoms. The molecule has 2 N–H and O–H groups in total. The van der Waals surface area contributed by atoms with E-state index in [1.54, 1.807) is 20.8 Å². The van der Waals surface area contributed by atoms with Gasteiger partial charge in [0.2, 0.25) is 11.8 Å². The Balaban J connectivity index is -0.000000725. The Kier molecular flexibility index (Phi) is 18.7. The largest absolute Gasteiger partial charge is 0.444 e. The van der Waals surface area contributed by atoms with Crippen molar-refractivity contribution in [2.45, 2.75) is 60.5 Å². The van der Waals surface area contributed by atoms with E-state index in [1.165, 1.54) is 11.9 Å². The Hall–Kier alpha value is -1.15. The van der Waals surface area contributed by atoms with Crippen LogP contribution in [-0.2, 0) is 14.3 Å². The van der Waals surface area contributed by atoms with Gasteiger partial charge in [-0.1, -0.05) is 43.6 Å². The molecular weight excluding hydrogens is 390 g/mol. The minimum atomic E-state index is -0.643. The topological polar surface area (TPSA) is 92.9 Å². The molecule has 1 rings (SSSR count). The van der Waals surface area contributed by atoms with Crippen LogP contribution in [0.4, 0.5) is 4.79 Å². The summed E-state index contributed by atoms with van der Waals surface area (Å²) in [6.07, 6.45) is 0.0681. The zero-order chi connectivity index (χ0) is 20.6. The van der Waals surface area contributed by atoms with Crippen molar-refractivity contribution in [3.8, 4) is 0 Å². The zero-order valence-electron chi connectivity index (χ0n) is 17.0. The number of rotatable bonds is 3. The third-order valence-corrected chi connectivity index (χ3v) is 2.98. The average Bonchev–Trinajstić information content (AvgIpc) is 2.58. The van der Waals surface area contributed by atoms with Crippen LogP contribution in [0.3, 0.4) is 0 Å². The van der Waals surface area contributed by atoms with Crippen LogP contribution in [0.15, 0.2) is 0 Å². The van der Waals surface area contributed by atoms with Gasteiger partial charge in [0.1, 0.15) is 18.7 Å². The van der Waals surface area contributed by atoms with E-state index >= 15 is 0 Å². The summed E-state index contributed by atoms with van der Waals surface area (Å²) in [6, 6.07) is 0. The van der Waals surface area contributed by atoms with Crippen molar-refractivity contribution in [3.05, 3.63) is 0 Å². The molecule has 1 heterocycles. The van der Waals surface area contributed by atoms with Gasteiger partial charge in [-0.15, -0.1) is 0 Å². The molecule has 3 amide bonds. The van der Waals surface area contributed by atoms with Crippen LogP contribution < -0.4 is 5.73 Å². The van der Waals surface area contributed by atoms with Gasteiger partial charge in [-0.05, 0) is 34.2 Å². The monoisotopic (exact) mass is 425 g/mol. The summed E-state index contributed by atoms with van der Waals surface area (Å²) in [5.74, 6) is -0.717. The van der Waals surface area contributed by atoms with E-state index in [-0.39, 0.29) is 24.9 Å². The molecule has 7 nitrogen and oxygen atoms in total. The van der Waals surface area contributed by atoms with Crippen molar-refractivity contribution < 1.29 is 19.1 Å². The second kappa shape index (κ2) is 16.3. The van der Waals surface area contributed by atoms with Crippen molar-refractivity contribution in [2.24, 2.45) is 5.73 Å². The minimum Gasteiger partial charge on any atom is -0.444 e. The standard InChI is InChI=1S/C12H19BrN2O4.2C2H6.CH5N/c1-12(2,3)19-11(18)14-7-9(16)15(6-4-5-13)10(17)8-14;3*1-2/h4-8H2,1-3H3;2*1-2H3;2H2,1H3. The lowest BCUT2D eigenvalue weighted by molar-refractivity contribution is -0.151. The number of hydrogen-bond acceptors (Lipinski definition) is 5. The van der Waals surface area contributed by atoms with Gasteiger partial charge in [0.25, 0.3) is 0 Å². The third kappa shape index (κ3) is 12.8. The van der Waals surface area contributed by atoms with Gasteiger partial charge in [-0.2, -0.15) is 0 Å². The molecule has 1 aliphatic rings. The Morgan fingerprint density at radius 3 is 1.80 bits per heavy atom. The molecule has 0 aliphatic carbocycles. The number of halogens is 1. The van der Waals surface area contributed by atoms with Crippen LogP contribution in [0.2, 0.25) is 0 Å². The van der Waals surface area contributed by atoms with E-state index < -0.39 is 11.7 Å². The van der Waals surface area contributed by atoms with Gasteiger partial charge in [0, 0.05) is 11.9 Å². The highest BCUT2D eigenvalue weighted by Gasteiger charge is 2.34. The second-order valence-electron chi connectivity index (χ2n) is 5.32. The molecular formula is C17H36BrN3O4. The molecule has 1 fully saturated rings. The number of hydrogen-bond donors (Lipinski definition) is 1. The summed E-state index contributed by atoms with van der Waals surface area (Å²) >= 11 is 3.25. The summed E-state index contributed by atoms with van der Waals surface area (Å²) in [5.41, 5.74) is 3.86. The molecule has 0 atom stereocenters. The molecule has 8 heteroatoms. The van der Waals surface area contributed by atoms with E-state index in [0.717, 1.165) is 10.2 Å². The highest BCUT2D eigenvalue weighted by Crippen LogP contribution is 2.13. The van der Waals surface area contributed by atoms with Crippen LogP contribution in [0.25, 0.3) is 0 Å². The Bertz CT molecular complexity index is 367. The van der Waals surface area contributed by atoms with Gasteiger partial charge < -0.3 is 10.5 Å². The van der Waals surface area contributed by atoms with Gasteiger partial charge in [0.05, 0.1) is 0 Å². The first-order valence-electron chi connectivity index (χ1n) is 8.69. The first kappa shape index (κ1) is 28.6. The quantitative estimate of drug-likeness (QED) is 0.553. The summed E-state index contributed by atoms with van der Waals surface area (Å²) < 4.78 is 5.15. The highest BCUT2D eigenvalue weighted by atomic mass is 79.9. The van der Waals surface area contributed by atoms with Gasteiger partial charge in [-0.25, -0.2) is 4.79 Å². The molecule has 1 saturated heterocycles. The van der Waals surface area contributed by atoms with Crippen LogP contribution >= 0.6 is 15.9 Å². The van der Waals surface area contributed by atoms with Gasteiger partial charge >= 0.3 is 6.09 Å². The molecule has 0 saturated carbocycles. The fourth-order valence-corrected chi connectivity index (χ4v) is 1.87. The predicted molar refractivity (Wildman–Crippen MR) is 106 cm³/mol. The predicted octanol–water partition coefficient (Wildman–Crippen LogP) is 3.00. The number of piperazine rings is 1. The van der Waals surface area contributed by atoms with Gasteiger partial charge in [-0.3, -0.25) is 19.4 Å². The molecule has 25 heavy (non-hydrogen) atoms. The maximum absolute atomic E-state index is 11.8. The lowest BCUT2D eigenvalue weighted by Gasteiger charge is -2.33. The maximum atomic E-state index is 11.8. The summed E-state index contributed by atoms with van der Waals surface area (Å²) in [5, 5.41) is 0.722. The fraction of sp³-hybridized carbons (Fsp3) is 0.824. The number of nitrogens with two attached hydrogens (primary N) is 1. The molecule has 0 radical (unpaired) electrons. The normalized spacial score (nSPS) is 13.5. The summed E-state index contributed by atoms with van der Waals surface area (Å²) in [6.45, 7) is 13.4. The van der Waals surface area contributed by atoms with Gasteiger partial charge in [0.15, 0.2) is 0 Å². The van der Waals surface area contributed by atoms with E-state index in [1.807, 2.05) is 27.7 Å². The van der Waals surface area contributed by atoms with Crippen molar-refractivity contribution in [1.82, 2.24) is 9.80 Å². The van der Waals surface area contributed by atoms with Crippen molar-refractivity contribution in [2.75, 3.05) is 32.0 Å². The van der Waals surface area contributed by atoms with Crippen molar-refractivity contribution in [1.29, 1.82) is 0 Å². The molecule has 0 aromatic heterocycles. The number of alkyl halides is 1. The molecule has 0 unspecified atom stereocenters. The average molecular weight is 426 g/mol. The first-order chi connectivity index (χ1) is 11.7. The molecule has 1 aliphatic heterocycles. The highest BCUT2D eigenvalue weighted by molar-refractivity contribution is 9.09. The lowest BCUT2D eigenvalue weighted by Crippen LogP contribution is -2.56. The molecule has 150 valence electrons. The zero-order valence-corrected chi connectivity index (χ0v) is 18.6. The smallest absolute Gasteiger partial charge is 0.411 e. The van der Waals surface area contributed by atoms with Crippen molar-refractivity contribution in [3.63, 3.8) is 0 Å². The Morgan fingerprint density at radius 2 is 1.48 bits per heavy atom. The Labute approximate surface area is 161 Å². The minimum absolute atomic E-state index is 0.108. The van der Waals surface area contributed by atoms with E-state index in [4.69, 9.17) is 4.74 Å². The number of ether oxygens (including phenoxy) is 1. The lowest BCUT2D eigenvalue weighted by atomic mass is 10.2. The van der Waals surface area contributed by atoms with Crippen LogP contribution in [0.5, 0.6) is 0 Å². The molecule has 0 aromatic rings. The number of carbonyl (C=O) groups excluding carboxylic acids is 3. The van der Waals surface area contributed by atoms with E-state index in [2.05, 4.69) is 21.7 Å². The molecule has 0 aromatic carbocycles. The number of carbonyl (C=O) groups is 3. The van der Waals surface area contributed by atoms with Crippen LogP contribution in [0.1, 0.15) is 54.9 Å². The third-order valence-electron chi connectivity index (χ3n) is 2.42. The van der Waals surface area contributed by atoms with E-state index in [9.17, 15) is 14.4 Å². The number of nitrogens with zero attached hydrogens (tertiary/aromatic N) is 2. The Morgan fingerprint density at radius 1 is 1.08 bits per heavy atom. The van der Waals surface area contributed by atoms with E-state index in [0.29, 0.717) is 13.0 Å². The summed E-state index contributed by atoms with van der Waals surface area (Å²) in [4.78, 5) is 37.8. The van der Waals surface area contributed by atoms with Crippen LogP contribution in [0, 0.1) is 0 Å². The van der Waals surface area contributed by atoms with Crippen molar-refractivity contribution >= 4 is 33.8 Å². The van der Waals surface area contributed by atoms with Crippen LogP contribution in [-0.4, -0.2) is 65.3 Å². The SMILES string of the molecule is CC.CC.CC(C)(C)OC(=O)N1CC(=O)N(CCCBr)C(=O)C1.CN. The fourth-order valence-electron chi connectivity index (χ4n) is 1.62. The summed E-state index contributed by atoms with van der Waals surface area (Å²) in [7, 11) is 1.50. The first-order valence-corrected chi connectivity index (χ1v) is 9.81. The second-order valence-corrected chi connectivity index (χ2v) is 6.11. The number of imide groups is 1.